The van der Waals surface area contributed by atoms with E-state index in [0.29, 0.717) is 29.8 Å². The summed E-state index contributed by atoms with van der Waals surface area (Å²) in [5.74, 6) is 0.138. The SMILES string of the molecule is CCCCCN(C)C(=O)CCCCCc1c(C)[nH]c2ccc3[nH]c(=O)cc(C(F)(F)F)c3c12. The Hall–Kier alpha value is -2.77. The molecule has 0 spiro atoms. The summed E-state index contributed by atoms with van der Waals surface area (Å²) in [5.41, 5.74) is 0.770. The van der Waals surface area contributed by atoms with Crippen molar-refractivity contribution in [2.24, 2.45) is 0 Å². The van der Waals surface area contributed by atoms with Crippen LogP contribution >= 0.6 is 0 Å². The van der Waals surface area contributed by atoms with Crippen LogP contribution in [-0.4, -0.2) is 34.4 Å². The third kappa shape index (κ3) is 5.78. The average molecular weight is 464 g/mol. The maximum absolute atomic E-state index is 13.8. The number of alkyl halides is 3. The van der Waals surface area contributed by atoms with Gasteiger partial charge in [0.1, 0.15) is 0 Å². The third-order valence-electron chi connectivity index (χ3n) is 6.23. The van der Waals surface area contributed by atoms with Crippen LogP contribution in [0.5, 0.6) is 0 Å². The summed E-state index contributed by atoms with van der Waals surface area (Å²) in [5, 5.41) is 0.545. The molecule has 3 rings (SSSR count). The molecule has 0 aliphatic rings. The zero-order chi connectivity index (χ0) is 24.2. The smallest absolute Gasteiger partial charge is 0.358 e. The van der Waals surface area contributed by atoms with E-state index >= 15 is 0 Å². The molecule has 180 valence electrons. The van der Waals surface area contributed by atoms with Gasteiger partial charge < -0.3 is 14.9 Å². The highest BCUT2D eigenvalue weighted by Crippen LogP contribution is 2.39. The minimum absolute atomic E-state index is 0.0304. The van der Waals surface area contributed by atoms with Gasteiger partial charge in [0.15, 0.2) is 0 Å². The predicted molar refractivity (Wildman–Crippen MR) is 125 cm³/mol. The molecule has 2 N–H and O–H groups in total. The van der Waals surface area contributed by atoms with Crippen LogP contribution in [0.15, 0.2) is 23.0 Å². The van der Waals surface area contributed by atoms with Gasteiger partial charge in [-0.2, -0.15) is 13.2 Å². The number of carbonyl (C=O) groups excluding carboxylic acids is 1. The lowest BCUT2D eigenvalue weighted by Crippen LogP contribution is -2.27. The summed E-state index contributed by atoms with van der Waals surface area (Å²) in [6, 6.07) is 3.85. The van der Waals surface area contributed by atoms with E-state index in [-0.39, 0.29) is 16.8 Å². The number of unbranched alkanes of at least 4 members (excludes halogenated alkanes) is 4. The number of hydrogen-bond acceptors (Lipinski definition) is 2. The van der Waals surface area contributed by atoms with Gasteiger partial charge in [-0.3, -0.25) is 9.59 Å². The van der Waals surface area contributed by atoms with Crippen molar-refractivity contribution >= 4 is 27.7 Å². The normalized spacial score (nSPS) is 12.1. The lowest BCUT2D eigenvalue weighted by molar-refractivity contribution is -0.136. The molecule has 5 nitrogen and oxygen atoms in total. The summed E-state index contributed by atoms with van der Waals surface area (Å²) in [4.78, 5) is 31.6. The number of carbonyl (C=O) groups is 1. The van der Waals surface area contributed by atoms with E-state index in [1.165, 1.54) is 6.07 Å². The van der Waals surface area contributed by atoms with Gasteiger partial charge in [-0.05, 0) is 50.3 Å². The average Bonchev–Trinajstić information content (AvgIpc) is 3.07. The number of amides is 1. The molecule has 8 heteroatoms. The van der Waals surface area contributed by atoms with E-state index in [1.54, 1.807) is 11.0 Å². The number of halogens is 3. The highest BCUT2D eigenvalue weighted by atomic mass is 19.4. The Bertz CT molecular complexity index is 1180. The second-order valence-corrected chi connectivity index (χ2v) is 8.77. The number of aromatic nitrogens is 2. The quantitative estimate of drug-likeness (QED) is 0.357. The largest absolute Gasteiger partial charge is 0.417 e. The van der Waals surface area contributed by atoms with Crippen molar-refractivity contribution in [2.75, 3.05) is 13.6 Å². The first kappa shape index (κ1) is 24.9. The van der Waals surface area contributed by atoms with Gasteiger partial charge in [0.25, 0.3) is 0 Å². The van der Waals surface area contributed by atoms with Crippen LogP contribution in [-0.2, 0) is 17.4 Å². The predicted octanol–water partition coefficient (Wildman–Crippen LogP) is 6.09. The van der Waals surface area contributed by atoms with Crippen LogP contribution in [0.25, 0.3) is 21.8 Å². The Morgan fingerprint density at radius 2 is 1.70 bits per heavy atom. The lowest BCUT2D eigenvalue weighted by atomic mass is 9.97. The maximum Gasteiger partial charge on any atom is 0.417 e. The van der Waals surface area contributed by atoms with Gasteiger partial charge in [0, 0.05) is 53.6 Å². The molecule has 2 heterocycles. The number of hydrogen-bond donors (Lipinski definition) is 2. The van der Waals surface area contributed by atoms with Crippen LogP contribution in [0.2, 0.25) is 0 Å². The molecule has 0 aliphatic heterocycles. The van der Waals surface area contributed by atoms with Gasteiger partial charge in [0.2, 0.25) is 11.5 Å². The topological polar surface area (TPSA) is 69.0 Å². The number of fused-ring (bicyclic) bond motifs is 3. The van der Waals surface area contributed by atoms with Crippen molar-refractivity contribution < 1.29 is 18.0 Å². The molecular weight excluding hydrogens is 431 g/mol. The number of nitrogens with one attached hydrogen (secondary N) is 2. The second-order valence-electron chi connectivity index (χ2n) is 8.77. The summed E-state index contributed by atoms with van der Waals surface area (Å²) in [6.07, 6.45) is 2.02. The third-order valence-corrected chi connectivity index (χ3v) is 6.23. The fourth-order valence-corrected chi connectivity index (χ4v) is 4.45. The number of aryl methyl sites for hydroxylation is 2. The molecule has 0 aliphatic carbocycles. The number of benzene rings is 1. The minimum Gasteiger partial charge on any atom is -0.358 e. The Morgan fingerprint density at radius 1 is 1.00 bits per heavy atom. The van der Waals surface area contributed by atoms with Crippen LogP contribution in [0.1, 0.15) is 68.7 Å². The van der Waals surface area contributed by atoms with E-state index < -0.39 is 17.3 Å². The van der Waals surface area contributed by atoms with E-state index in [4.69, 9.17) is 0 Å². The minimum atomic E-state index is -4.63. The summed E-state index contributed by atoms with van der Waals surface area (Å²) in [7, 11) is 1.83. The van der Waals surface area contributed by atoms with Crippen LogP contribution in [0, 0.1) is 6.92 Å². The molecule has 3 aromatic rings. The first-order valence-electron chi connectivity index (χ1n) is 11.6. The van der Waals surface area contributed by atoms with Gasteiger partial charge >= 0.3 is 6.18 Å². The Labute approximate surface area is 191 Å². The Morgan fingerprint density at radius 3 is 2.36 bits per heavy atom. The molecule has 1 aromatic carbocycles. The molecule has 1 amide bonds. The molecular formula is C25H32F3N3O2. The van der Waals surface area contributed by atoms with E-state index in [2.05, 4.69) is 16.9 Å². The van der Waals surface area contributed by atoms with Crippen molar-refractivity contribution in [2.45, 2.75) is 71.4 Å². The van der Waals surface area contributed by atoms with Crippen molar-refractivity contribution in [1.29, 1.82) is 0 Å². The van der Waals surface area contributed by atoms with Crippen molar-refractivity contribution in [1.82, 2.24) is 14.9 Å². The van der Waals surface area contributed by atoms with E-state index in [9.17, 15) is 22.8 Å². The number of rotatable bonds is 10. The number of aromatic amines is 2. The molecule has 0 atom stereocenters. The van der Waals surface area contributed by atoms with Crippen LogP contribution < -0.4 is 5.56 Å². The summed E-state index contributed by atoms with van der Waals surface area (Å²) >= 11 is 0. The van der Waals surface area contributed by atoms with Gasteiger partial charge in [-0.25, -0.2) is 0 Å². The molecule has 33 heavy (non-hydrogen) atoms. The standard InChI is InChI=1S/C25H32F3N3O2/c1-4-5-9-14-31(3)22(33)11-8-6-7-10-17-16(2)29-19-12-13-20-24(23(17)19)18(25(26,27)28)15-21(32)30-20/h12-13,15,29H,4-11,14H2,1-3H3,(H,30,32). The molecule has 0 radical (unpaired) electrons. The number of pyridine rings is 1. The fraction of sp³-hybridized carbons (Fsp3) is 0.520. The highest BCUT2D eigenvalue weighted by Gasteiger charge is 2.34. The molecule has 0 bridgehead atoms. The van der Waals surface area contributed by atoms with Crippen LogP contribution in [0.4, 0.5) is 13.2 Å². The lowest BCUT2D eigenvalue weighted by Gasteiger charge is -2.16. The zero-order valence-corrected chi connectivity index (χ0v) is 19.5. The molecule has 0 saturated heterocycles. The Balaban J connectivity index is 1.74. The monoisotopic (exact) mass is 463 g/mol. The highest BCUT2D eigenvalue weighted by molar-refractivity contribution is 6.09. The van der Waals surface area contributed by atoms with Gasteiger partial charge in [0.05, 0.1) is 5.56 Å². The molecule has 0 saturated carbocycles. The number of H-pyrrole nitrogens is 2. The van der Waals surface area contributed by atoms with Crippen LogP contribution in [0.3, 0.4) is 0 Å². The number of nitrogens with zero attached hydrogens (tertiary/aromatic N) is 1. The molecule has 0 fully saturated rings. The Kier molecular flexibility index (Phi) is 7.87. The van der Waals surface area contributed by atoms with Gasteiger partial charge in [-0.15, -0.1) is 0 Å². The van der Waals surface area contributed by atoms with Crippen molar-refractivity contribution in [3.63, 3.8) is 0 Å². The molecule has 2 aromatic heterocycles. The fourth-order valence-electron chi connectivity index (χ4n) is 4.45. The summed E-state index contributed by atoms with van der Waals surface area (Å²) < 4.78 is 41.3. The first-order valence-corrected chi connectivity index (χ1v) is 11.6. The first-order chi connectivity index (χ1) is 15.6. The molecule has 0 unspecified atom stereocenters. The van der Waals surface area contributed by atoms with Crippen molar-refractivity contribution in [3.8, 4) is 0 Å². The van der Waals surface area contributed by atoms with Gasteiger partial charge in [-0.1, -0.05) is 26.2 Å². The van der Waals surface area contributed by atoms with Crippen molar-refractivity contribution in [3.05, 3.63) is 45.4 Å². The zero-order valence-electron chi connectivity index (χ0n) is 19.5. The summed E-state index contributed by atoms with van der Waals surface area (Å²) in [6.45, 7) is 4.76. The maximum atomic E-state index is 13.8. The van der Waals surface area contributed by atoms with E-state index in [1.807, 2.05) is 14.0 Å². The second kappa shape index (κ2) is 10.4. The van der Waals surface area contributed by atoms with E-state index in [0.717, 1.165) is 56.3 Å².